The maximum atomic E-state index is 3.78. The van der Waals surface area contributed by atoms with Gasteiger partial charge in [-0.1, -0.05) is 45.0 Å². The van der Waals surface area contributed by atoms with E-state index in [1.54, 1.807) is 0 Å². The van der Waals surface area contributed by atoms with E-state index in [-0.39, 0.29) is 0 Å². The Hall–Kier alpha value is -0.820. The normalized spacial score (nSPS) is 18.6. The van der Waals surface area contributed by atoms with Crippen molar-refractivity contribution in [3.05, 3.63) is 35.4 Å². The summed E-state index contributed by atoms with van der Waals surface area (Å²) in [7, 11) is 0. The molecule has 1 N–H and O–H groups in total. The smallest absolute Gasteiger partial charge is 0.0317 e. The van der Waals surface area contributed by atoms with Gasteiger partial charge in [-0.3, -0.25) is 0 Å². The molecule has 0 heterocycles. The maximum absolute atomic E-state index is 3.78. The van der Waals surface area contributed by atoms with Crippen LogP contribution < -0.4 is 5.32 Å². The highest BCUT2D eigenvalue weighted by Gasteiger charge is 2.40. The van der Waals surface area contributed by atoms with Gasteiger partial charge in [0.2, 0.25) is 0 Å². The SMILES string of the molecule is CCc1ccc(C(CC)NCC2(CC)CC2)cc1. The molecule has 0 aliphatic heterocycles. The molecule has 1 aliphatic carbocycles. The van der Waals surface area contributed by atoms with E-state index >= 15 is 0 Å². The molecule has 1 nitrogen and oxygen atoms in total. The molecule has 2 rings (SSSR count). The summed E-state index contributed by atoms with van der Waals surface area (Å²) in [6.07, 6.45) is 6.46. The van der Waals surface area contributed by atoms with Gasteiger partial charge in [-0.2, -0.15) is 0 Å². The van der Waals surface area contributed by atoms with Gasteiger partial charge in [0.25, 0.3) is 0 Å². The van der Waals surface area contributed by atoms with Crippen molar-refractivity contribution in [2.45, 2.75) is 58.9 Å². The first kappa shape index (κ1) is 13.6. The third-order valence-corrected chi connectivity index (χ3v) is 4.63. The largest absolute Gasteiger partial charge is 0.309 e. The third-order valence-electron chi connectivity index (χ3n) is 4.63. The first-order valence-corrected chi connectivity index (χ1v) is 7.55. The predicted octanol–water partition coefficient (Wildman–Crippen LogP) is 4.48. The number of aryl methyl sites for hydroxylation is 1. The summed E-state index contributed by atoms with van der Waals surface area (Å²) in [5.74, 6) is 0. The number of rotatable bonds is 7. The Labute approximate surface area is 112 Å². The van der Waals surface area contributed by atoms with Crippen molar-refractivity contribution < 1.29 is 0 Å². The molecule has 1 atom stereocenters. The Kier molecular flexibility index (Phi) is 4.45. The van der Waals surface area contributed by atoms with Crippen LogP contribution in [0.15, 0.2) is 24.3 Å². The van der Waals surface area contributed by atoms with Crippen molar-refractivity contribution in [3.63, 3.8) is 0 Å². The Balaban J connectivity index is 1.94. The van der Waals surface area contributed by atoms with Crippen LogP contribution in [0, 0.1) is 5.41 Å². The highest BCUT2D eigenvalue weighted by Crippen LogP contribution is 2.48. The molecule has 0 spiro atoms. The van der Waals surface area contributed by atoms with Gasteiger partial charge in [-0.05, 0) is 48.6 Å². The monoisotopic (exact) mass is 245 g/mol. The lowest BCUT2D eigenvalue weighted by atomic mass is 9.99. The van der Waals surface area contributed by atoms with Gasteiger partial charge in [0.15, 0.2) is 0 Å². The molecule has 100 valence electrons. The number of hydrogen-bond donors (Lipinski definition) is 1. The molecule has 1 aromatic rings. The Morgan fingerprint density at radius 2 is 1.78 bits per heavy atom. The number of nitrogens with one attached hydrogen (secondary N) is 1. The molecular formula is C17H27N. The van der Waals surface area contributed by atoms with Crippen LogP contribution in [0.1, 0.15) is 63.6 Å². The van der Waals surface area contributed by atoms with Gasteiger partial charge >= 0.3 is 0 Å². The van der Waals surface area contributed by atoms with Crippen molar-refractivity contribution in [1.82, 2.24) is 5.32 Å². The fraction of sp³-hybridized carbons (Fsp3) is 0.647. The van der Waals surface area contributed by atoms with Gasteiger partial charge in [0.05, 0.1) is 0 Å². The molecular weight excluding hydrogens is 218 g/mol. The van der Waals surface area contributed by atoms with E-state index in [0.29, 0.717) is 11.5 Å². The van der Waals surface area contributed by atoms with Gasteiger partial charge in [0, 0.05) is 12.6 Å². The summed E-state index contributed by atoms with van der Waals surface area (Å²) in [5.41, 5.74) is 3.51. The molecule has 0 saturated heterocycles. The summed E-state index contributed by atoms with van der Waals surface area (Å²) in [6.45, 7) is 8.00. The van der Waals surface area contributed by atoms with Crippen LogP contribution in [0.3, 0.4) is 0 Å². The van der Waals surface area contributed by atoms with Gasteiger partial charge in [0.1, 0.15) is 0 Å². The standard InChI is InChI=1S/C17H27N/c1-4-14-7-9-15(10-8-14)16(5-2)18-13-17(6-3)11-12-17/h7-10,16,18H,4-6,11-13H2,1-3H3. The van der Waals surface area contributed by atoms with Crippen molar-refractivity contribution in [3.8, 4) is 0 Å². The molecule has 0 aromatic heterocycles. The molecule has 1 aromatic carbocycles. The summed E-state index contributed by atoms with van der Waals surface area (Å²) < 4.78 is 0. The van der Waals surface area contributed by atoms with Crippen LogP contribution in [0.2, 0.25) is 0 Å². The van der Waals surface area contributed by atoms with Gasteiger partial charge < -0.3 is 5.32 Å². The highest BCUT2D eigenvalue weighted by atomic mass is 14.9. The summed E-state index contributed by atoms with van der Waals surface area (Å²) in [5, 5.41) is 3.78. The maximum Gasteiger partial charge on any atom is 0.0317 e. The molecule has 1 fully saturated rings. The van der Waals surface area contributed by atoms with E-state index in [4.69, 9.17) is 0 Å². The topological polar surface area (TPSA) is 12.0 Å². The molecule has 1 saturated carbocycles. The molecule has 0 amide bonds. The summed E-state index contributed by atoms with van der Waals surface area (Å²) in [4.78, 5) is 0. The first-order valence-electron chi connectivity index (χ1n) is 7.55. The van der Waals surface area contributed by atoms with Crippen LogP contribution >= 0.6 is 0 Å². The average molecular weight is 245 g/mol. The second kappa shape index (κ2) is 5.88. The molecule has 1 heteroatoms. The zero-order valence-corrected chi connectivity index (χ0v) is 12.1. The zero-order chi connectivity index (χ0) is 13.0. The minimum atomic E-state index is 0.528. The minimum Gasteiger partial charge on any atom is -0.309 e. The molecule has 0 bridgehead atoms. The quantitative estimate of drug-likeness (QED) is 0.747. The molecule has 0 radical (unpaired) electrons. The van der Waals surface area contributed by atoms with Crippen molar-refractivity contribution in [2.24, 2.45) is 5.41 Å². The fourth-order valence-corrected chi connectivity index (χ4v) is 2.66. The van der Waals surface area contributed by atoms with Crippen LogP contribution in [0.25, 0.3) is 0 Å². The van der Waals surface area contributed by atoms with Crippen molar-refractivity contribution >= 4 is 0 Å². The highest BCUT2D eigenvalue weighted by molar-refractivity contribution is 5.25. The van der Waals surface area contributed by atoms with E-state index < -0.39 is 0 Å². The third kappa shape index (κ3) is 3.14. The Morgan fingerprint density at radius 1 is 1.11 bits per heavy atom. The van der Waals surface area contributed by atoms with Crippen molar-refractivity contribution in [2.75, 3.05) is 6.54 Å². The summed E-state index contributed by atoms with van der Waals surface area (Å²) in [6, 6.07) is 9.66. The Bertz CT molecular complexity index is 362. The van der Waals surface area contributed by atoms with E-state index in [1.807, 2.05) is 0 Å². The van der Waals surface area contributed by atoms with Crippen LogP contribution in [0.4, 0.5) is 0 Å². The zero-order valence-electron chi connectivity index (χ0n) is 12.1. The van der Waals surface area contributed by atoms with E-state index in [9.17, 15) is 0 Å². The van der Waals surface area contributed by atoms with Crippen LogP contribution in [0.5, 0.6) is 0 Å². The molecule has 1 aliphatic rings. The average Bonchev–Trinajstić information content (AvgIpc) is 3.21. The summed E-state index contributed by atoms with van der Waals surface area (Å²) >= 11 is 0. The lowest BCUT2D eigenvalue weighted by molar-refractivity contribution is 0.399. The molecule has 1 unspecified atom stereocenters. The minimum absolute atomic E-state index is 0.528. The Morgan fingerprint density at radius 3 is 2.22 bits per heavy atom. The lowest BCUT2D eigenvalue weighted by Crippen LogP contribution is -2.27. The van der Waals surface area contributed by atoms with Crippen LogP contribution in [-0.4, -0.2) is 6.54 Å². The lowest BCUT2D eigenvalue weighted by Gasteiger charge is -2.21. The predicted molar refractivity (Wildman–Crippen MR) is 78.8 cm³/mol. The van der Waals surface area contributed by atoms with Gasteiger partial charge in [-0.25, -0.2) is 0 Å². The number of hydrogen-bond acceptors (Lipinski definition) is 1. The van der Waals surface area contributed by atoms with Crippen molar-refractivity contribution in [1.29, 1.82) is 0 Å². The second-order valence-corrected chi connectivity index (χ2v) is 5.79. The second-order valence-electron chi connectivity index (χ2n) is 5.79. The van der Waals surface area contributed by atoms with E-state index in [0.717, 1.165) is 6.42 Å². The first-order chi connectivity index (χ1) is 8.73. The van der Waals surface area contributed by atoms with E-state index in [1.165, 1.54) is 43.4 Å². The van der Waals surface area contributed by atoms with Crippen LogP contribution in [-0.2, 0) is 6.42 Å². The molecule has 18 heavy (non-hydrogen) atoms. The number of benzene rings is 1. The van der Waals surface area contributed by atoms with Gasteiger partial charge in [-0.15, -0.1) is 0 Å². The van der Waals surface area contributed by atoms with E-state index in [2.05, 4.69) is 50.4 Å². The fourth-order valence-electron chi connectivity index (χ4n) is 2.66.